The number of nitrogens with one attached hydrogen (secondary N) is 1. The molecule has 1 unspecified atom stereocenters. The van der Waals surface area contributed by atoms with Gasteiger partial charge >= 0.3 is 0 Å². The van der Waals surface area contributed by atoms with E-state index in [4.69, 9.17) is 51.1 Å². The Bertz CT molecular complexity index is 993. The van der Waals surface area contributed by atoms with Crippen molar-refractivity contribution < 1.29 is 4.74 Å². The Morgan fingerprint density at radius 3 is 2.30 bits per heavy atom. The molecule has 4 nitrogen and oxygen atoms in total. The summed E-state index contributed by atoms with van der Waals surface area (Å²) in [7, 11) is 0. The fourth-order valence-electron chi connectivity index (χ4n) is 2.96. The maximum absolute atomic E-state index is 6.52. The fourth-order valence-corrected chi connectivity index (χ4v) is 3.48. The molecule has 0 fully saturated rings. The quantitative estimate of drug-likeness (QED) is 0.346. The molecule has 1 N–H and O–H groups in total. The number of aryl methyl sites for hydroxylation is 1. The summed E-state index contributed by atoms with van der Waals surface area (Å²) >= 11 is 24.6. The van der Waals surface area contributed by atoms with Crippen LogP contribution in [0.2, 0.25) is 5.02 Å². The zero-order chi connectivity index (χ0) is 21.7. The lowest BCUT2D eigenvalue weighted by atomic mass is 10.0. The maximum Gasteiger partial charge on any atom is 0.250 e. The smallest absolute Gasteiger partial charge is 0.250 e. The van der Waals surface area contributed by atoms with Gasteiger partial charge in [0.15, 0.2) is 5.82 Å². The molecule has 8 heteroatoms. The van der Waals surface area contributed by atoms with Crippen molar-refractivity contribution in [2.75, 3.05) is 5.32 Å². The Hall–Kier alpha value is -1.72. The molecule has 0 saturated heterocycles. The van der Waals surface area contributed by atoms with Crippen molar-refractivity contribution in [1.29, 1.82) is 0 Å². The molecule has 0 amide bonds. The van der Waals surface area contributed by atoms with Crippen molar-refractivity contribution in [1.82, 2.24) is 9.97 Å². The van der Waals surface area contributed by atoms with Crippen molar-refractivity contribution in [3.05, 3.63) is 76.7 Å². The molecule has 3 rings (SSSR count). The third kappa shape index (κ3) is 5.70. The second kappa shape index (κ2) is 10.1. The molecule has 0 aliphatic rings. The number of benzene rings is 2. The third-order valence-electron chi connectivity index (χ3n) is 4.47. The van der Waals surface area contributed by atoms with E-state index in [9.17, 15) is 0 Å². The van der Waals surface area contributed by atoms with Crippen molar-refractivity contribution in [2.45, 2.75) is 36.5 Å². The van der Waals surface area contributed by atoms with Gasteiger partial charge in [0.1, 0.15) is 22.3 Å². The summed E-state index contributed by atoms with van der Waals surface area (Å²) in [5.74, 6) is 2.04. The van der Waals surface area contributed by atoms with Gasteiger partial charge in [-0.05, 0) is 42.7 Å². The van der Waals surface area contributed by atoms with Crippen LogP contribution in [-0.4, -0.2) is 9.97 Å². The molecular formula is C22H21Cl4N3O. The Labute approximate surface area is 196 Å². The Morgan fingerprint density at radius 2 is 1.67 bits per heavy atom. The van der Waals surface area contributed by atoms with Crippen LogP contribution in [0, 0.1) is 0 Å². The average molecular weight is 485 g/mol. The Kier molecular flexibility index (Phi) is 7.70. The minimum atomic E-state index is -1.74. The van der Waals surface area contributed by atoms with Crippen molar-refractivity contribution >= 4 is 52.2 Å². The molecule has 158 valence electrons. The highest BCUT2D eigenvalue weighted by molar-refractivity contribution is 6.66. The van der Waals surface area contributed by atoms with Crippen LogP contribution in [-0.2, 0) is 10.2 Å². The van der Waals surface area contributed by atoms with Crippen LogP contribution in [0.4, 0.5) is 5.82 Å². The summed E-state index contributed by atoms with van der Waals surface area (Å²) in [6.07, 6.45) is 1.36. The van der Waals surface area contributed by atoms with Gasteiger partial charge < -0.3 is 10.1 Å². The molecule has 1 heterocycles. The minimum absolute atomic E-state index is 0.0790. The van der Waals surface area contributed by atoms with Crippen LogP contribution in [0.1, 0.15) is 43.4 Å². The minimum Gasteiger partial charge on any atom is -0.457 e. The second-order valence-corrected chi connectivity index (χ2v) is 9.26. The number of nitrogens with zero attached hydrogens (tertiary/aromatic N) is 2. The van der Waals surface area contributed by atoms with Crippen LogP contribution in [0.5, 0.6) is 11.5 Å². The lowest BCUT2D eigenvalue weighted by Gasteiger charge is -2.22. The van der Waals surface area contributed by atoms with E-state index in [-0.39, 0.29) is 11.9 Å². The van der Waals surface area contributed by atoms with Gasteiger partial charge in [0, 0.05) is 0 Å². The molecule has 0 radical (unpaired) electrons. The summed E-state index contributed by atoms with van der Waals surface area (Å²) in [5.41, 5.74) is 1.64. The topological polar surface area (TPSA) is 47.0 Å². The van der Waals surface area contributed by atoms with E-state index in [1.807, 2.05) is 61.5 Å². The summed E-state index contributed by atoms with van der Waals surface area (Å²) in [6.45, 7) is 4.00. The molecule has 0 saturated carbocycles. The zero-order valence-electron chi connectivity index (χ0n) is 16.5. The molecule has 1 aromatic heterocycles. The first kappa shape index (κ1) is 23.0. The van der Waals surface area contributed by atoms with Crippen LogP contribution >= 0.6 is 46.4 Å². The Morgan fingerprint density at radius 1 is 0.967 bits per heavy atom. The van der Waals surface area contributed by atoms with Gasteiger partial charge in [-0.15, -0.1) is 0 Å². The van der Waals surface area contributed by atoms with Crippen molar-refractivity contribution in [3.8, 4) is 11.5 Å². The van der Waals surface area contributed by atoms with E-state index in [0.29, 0.717) is 23.0 Å². The number of hydrogen-bond donors (Lipinski definition) is 1. The van der Waals surface area contributed by atoms with Gasteiger partial charge in [-0.25, -0.2) is 9.97 Å². The lowest BCUT2D eigenvalue weighted by Crippen LogP contribution is -2.16. The molecule has 0 spiro atoms. The first-order valence-corrected chi connectivity index (χ1v) is 11.1. The first-order chi connectivity index (χ1) is 14.3. The molecule has 3 aromatic rings. The molecule has 2 aromatic carbocycles. The number of aromatic nitrogens is 2. The number of para-hydroxylation sites is 1. The van der Waals surface area contributed by atoms with Gasteiger partial charge in [0.25, 0.3) is 0 Å². The summed E-state index contributed by atoms with van der Waals surface area (Å²) < 4.78 is 4.22. The van der Waals surface area contributed by atoms with Crippen LogP contribution in [0.25, 0.3) is 0 Å². The number of alkyl halides is 3. The van der Waals surface area contributed by atoms with E-state index in [2.05, 4.69) is 22.2 Å². The third-order valence-corrected chi connectivity index (χ3v) is 5.37. The van der Waals surface area contributed by atoms with Gasteiger partial charge in [-0.1, -0.05) is 90.6 Å². The normalized spacial score (nSPS) is 12.5. The second-order valence-electron chi connectivity index (χ2n) is 6.60. The van der Waals surface area contributed by atoms with Crippen LogP contribution in [0.3, 0.4) is 0 Å². The van der Waals surface area contributed by atoms with Crippen molar-refractivity contribution in [2.24, 2.45) is 0 Å². The van der Waals surface area contributed by atoms with E-state index in [1.165, 1.54) is 0 Å². The van der Waals surface area contributed by atoms with E-state index < -0.39 is 3.79 Å². The highest BCUT2D eigenvalue weighted by Gasteiger charge is 2.29. The van der Waals surface area contributed by atoms with E-state index >= 15 is 0 Å². The van der Waals surface area contributed by atoms with E-state index in [0.717, 1.165) is 23.5 Å². The number of rotatable bonds is 7. The molecule has 0 bridgehead atoms. The summed E-state index contributed by atoms with van der Waals surface area (Å²) in [5, 5.41) is 3.80. The summed E-state index contributed by atoms with van der Waals surface area (Å²) in [4.78, 5) is 8.66. The van der Waals surface area contributed by atoms with Crippen molar-refractivity contribution in [3.63, 3.8) is 0 Å². The van der Waals surface area contributed by atoms with Gasteiger partial charge in [-0.2, -0.15) is 0 Å². The van der Waals surface area contributed by atoms with Gasteiger partial charge in [0.2, 0.25) is 3.79 Å². The number of ether oxygens (including phenoxy) is 1. The van der Waals surface area contributed by atoms with Crippen LogP contribution < -0.4 is 10.1 Å². The standard InChI is InChI=1S/C22H21Cl4N3O/c1-3-17(14-9-8-12-16(13-14)30-15-10-6-5-7-11-15)27-20-19(23)18(4-2)28-21(29-20)22(24,25)26/h5-13,17H,3-4H2,1-2H3,(H,27,28,29). The van der Waals surface area contributed by atoms with Gasteiger partial charge in [-0.3, -0.25) is 0 Å². The predicted molar refractivity (Wildman–Crippen MR) is 125 cm³/mol. The van der Waals surface area contributed by atoms with Crippen LogP contribution in [0.15, 0.2) is 54.6 Å². The highest BCUT2D eigenvalue weighted by atomic mass is 35.6. The number of anilines is 1. The number of hydrogen-bond acceptors (Lipinski definition) is 4. The monoisotopic (exact) mass is 483 g/mol. The average Bonchev–Trinajstić information content (AvgIpc) is 2.73. The predicted octanol–water partition coefficient (Wildman–Crippen LogP) is 7.87. The number of halogens is 4. The Balaban J connectivity index is 1.90. The lowest BCUT2D eigenvalue weighted by molar-refractivity contribution is 0.481. The zero-order valence-corrected chi connectivity index (χ0v) is 19.5. The molecule has 0 aliphatic heterocycles. The SMILES string of the molecule is CCc1nc(C(Cl)(Cl)Cl)nc(NC(CC)c2cccc(Oc3ccccc3)c2)c1Cl. The van der Waals surface area contributed by atoms with Gasteiger partial charge in [0.05, 0.1) is 11.7 Å². The summed E-state index contributed by atoms with van der Waals surface area (Å²) in [6, 6.07) is 17.4. The molecule has 1 atom stereocenters. The molecular weight excluding hydrogens is 464 g/mol. The first-order valence-electron chi connectivity index (χ1n) is 9.54. The van der Waals surface area contributed by atoms with E-state index in [1.54, 1.807) is 0 Å². The largest absolute Gasteiger partial charge is 0.457 e. The maximum atomic E-state index is 6.52. The fraction of sp³-hybridized carbons (Fsp3) is 0.273. The molecule has 0 aliphatic carbocycles. The highest BCUT2D eigenvalue weighted by Crippen LogP contribution is 2.39. The molecule has 30 heavy (non-hydrogen) atoms.